The maximum Gasteiger partial charge on any atom is 0.345 e. The first-order chi connectivity index (χ1) is 12.5. The molecule has 0 amide bonds. The quantitative estimate of drug-likeness (QED) is 0.560. The first-order valence-electron chi connectivity index (χ1n) is 8.31. The van der Waals surface area contributed by atoms with Gasteiger partial charge in [-0.05, 0) is 31.1 Å². The number of ketones is 1. The number of Topliss-reactive ketones (excluding diaryl/α,β-unsaturated/α-hetero) is 1. The largest absolute Gasteiger partial charge is 0.477 e. The van der Waals surface area contributed by atoms with E-state index >= 15 is 0 Å². The van der Waals surface area contributed by atoms with Crippen LogP contribution in [0.2, 0.25) is 0 Å². The highest BCUT2D eigenvalue weighted by Crippen LogP contribution is 2.32. The molecule has 1 atom stereocenters. The monoisotopic (exact) mass is 355 g/mol. The van der Waals surface area contributed by atoms with Crippen LogP contribution in [0, 0.1) is 0 Å². The number of allylic oxidation sites excluding steroid dienone is 1. The van der Waals surface area contributed by atoms with Gasteiger partial charge in [-0.1, -0.05) is 0 Å². The van der Waals surface area contributed by atoms with Gasteiger partial charge >= 0.3 is 5.97 Å². The molecule has 4 heterocycles. The Bertz CT molecular complexity index is 959. The van der Waals surface area contributed by atoms with Crippen LogP contribution in [-0.4, -0.2) is 56.0 Å². The number of rotatable bonds is 3. The van der Waals surface area contributed by atoms with E-state index in [4.69, 9.17) is 4.74 Å². The number of carboxylic acids is 1. The molecular weight excluding hydrogens is 338 g/mol. The normalized spacial score (nSPS) is 22.3. The number of aromatic amines is 1. The molecule has 26 heavy (non-hydrogen) atoms. The molecule has 0 saturated carbocycles. The molecule has 2 aromatic heterocycles. The molecule has 4 rings (SSSR count). The fourth-order valence-corrected chi connectivity index (χ4v) is 3.31. The van der Waals surface area contributed by atoms with Crippen LogP contribution in [0.5, 0.6) is 0 Å². The zero-order valence-corrected chi connectivity index (χ0v) is 13.8. The number of aliphatic hydroxyl groups is 1. The molecule has 0 aromatic carbocycles. The van der Waals surface area contributed by atoms with Crippen molar-refractivity contribution >= 4 is 28.9 Å². The van der Waals surface area contributed by atoms with E-state index in [-0.39, 0.29) is 18.2 Å². The Morgan fingerprint density at radius 1 is 1.46 bits per heavy atom. The Labute approximate surface area is 148 Å². The first kappa shape index (κ1) is 16.3. The lowest BCUT2D eigenvalue weighted by Gasteiger charge is -2.31. The van der Waals surface area contributed by atoms with Crippen LogP contribution >= 0.6 is 0 Å². The van der Waals surface area contributed by atoms with Crippen molar-refractivity contribution in [2.24, 2.45) is 0 Å². The lowest BCUT2D eigenvalue weighted by atomic mass is 10.1. The molecule has 0 aliphatic carbocycles. The number of ether oxygens (including phenoxy) is 1. The fourth-order valence-electron chi connectivity index (χ4n) is 3.31. The Balaban J connectivity index is 1.70. The van der Waals surface area contributed by atoms with Crippen molar-refractivity contribution < 1.29 is 24.5 Å². The zero-order valence-electron chi connectivity index (χ0n) is 13.8. The molecule has 2 aromatic rings. The van der Waals surface area contributed by atoms with Crippen molar-refractivity contribution in [2.45, 2.75) is 18.9 Å². The summed E-state index contributed by atoms with van der Waals surface area (Å²) in [6.45, 7) is 0.768. The molecule has 2 aliphatic rings. The van der Waals surface area contributed by atoms with Gasteiger partial charge in [-0.2, -0.15) is 0 Å². The van der Waals surface area contributed by atoms with Crippen molar-refractivity contribution in [1.82, 2.24) is 14.9 Å². The molecule has 3 N–H and O–H groups in total. The minimum absolute atomic E-state index is 0.00506. The van der Waals surface area contributed by atoms with Crippen LogP contribution in [0.25, 0.3) is 17.1 Å². The van der Waals surface area contributed by atoms with Gasteiger partial charge in [0.1, 0.15) is 5.65 Å². The number of nitrogens with zero attached hydrogens (tertiary/aromatic N) is 2. The van der Waals surface area contributed by atoms with Gasteiger partial charge in [0.2, 0.25) is 11.7 Å². The molecule has 8 nitrogen and oxygen atoms in total. The number of likely N-dealkylation sites (tertiary alicyclic amines) is 1. The number of nitrogens with one attached hydrogen (secondary N) is 1. The first-order valence-corrected chi connectivity index (χ1v) is 8.31. The number of carbonyl (C=O) groups excluding carboxylic acids is 1. The number of hydrogen-bond acceptors (Lipinski definition) is 6. The Morgan fingerprint density at radius 2 is 2.31 bits per heavy atom. The van der Waals surface area contributed by atoms with Crippen molar-refractivity contribution in [2.75, 3.05) is 13.1 Å². The second-order valence-electron chi connectivity index (χ2n) is 6.31. The standard InChI is InChI=1S/C18H17N3O5/c22-11-3-2-6-21(9-11)17-14(18(24)25)15(23)13(26-17)7-10-8-20-16-12(10)4-1-5-19-16/h1,4-5,7-8,11,22H,2-3,6,9H2,(H,19,20)(H,24,25)/b13-7-. The van der Waals surface area contributed by atoms with Gasteiger partial charge in [-0.3, -0.25) is 4.79 Å². The highest BCUT2D eigenvalue weighted by Gasteiger charge is 2.39. The predicted octanol–water partition coefficient (Wildman–Crippen LogP) is 1.26. The second kappa shape index (κ2) is 6.30. The number of pyridine rings is 1. The van der Waals surface area contributed by atoms with Crippen molar-refractivity contribution in [3.05, 3.63) is 47.3 Å². The SMILES string of the molecule is O=C(O)C1=C(N2CCCC(O)C2)O/C(=C\c2c[nH]c3ncccc23)C1=O. The van der Waals surface area contributed by atoms with E-state index < -0.39 is 23.4 Å². The lowest BCUT2D eigenvalue weighted by molar-refractivity contribution is -0.134. The van der Waals surface area contributed by atoms with Crippen LogP contribution < -0.4 is 0 Å². The van der Waals surface area contributed by atoms with Crippen LogP contribution in [0.1, 0.15) is 18.4 Å². The van der Waals surface area contributed by atoms with E-state index in [1.165, 1.54) is 6.08 Å². The minimum Gasteiger partial charge on any atom is -0.477 e. The molecule has 1 saturated heterocycles. The van der Waals surface area contributed by atoms with E-state index in [2.05, 4.69) is 9.97 Å². The van der Waals surface area contributed by atoms with Gasteiger partial charge in [0.05, 0.1) is 6.10 Å². The van der Waals surface area contributed by atoms with Crippen molar-refractivity contribution in [1.29, 1.82) is 0 Å². The maximum absolute atomic E-state index is 12.6. The minimum atomic E-state index is -1.34. The third-order valence-corrected chi connectivity index (χ3v) is 4.54. The summed E-state index contributed by atoms with van der Waals surface area (Å²) in [7, 11) is 0. The number of aromatic nitrogens is 2. The lowest BCUT2D eigenvalue weighted by Crippen LogP contribution is -2.38. The molecule has 2 aliphatic heterocycles. The highest BCUT2D eigenvalue weighted by atomic mass is 16.5. The predicted molar refractivity (Wildman–Crippen MR) is 91.6 cm³/mol. The number of H-pyrrole nitrogens is 1. The summed E-state index contributed by atoms with van der Waals surface area (Å²) in [5, 5.41) is 20.1. The number of carboxylic acid groups (broad SMARTS) is 1. The van der Waals surface area contributed by atoms with E-state index in [0.29, 0.717) is 30.6 Å². The van der Waals surface area contributed by atoms with Gasteiger partial charge in [0.25, 0.3) is 0 Å². The van der Waals surface area contributed by atoms with Crippen molar-refractivity contribution in [3.8, 4) is 0 Å². The van der Waals surface area contributed by atoms with Gasteiger partial charge in [0, 0.05) is 36.4 Å². The zero-order chi connectivity index (χ0) is 18.3. The van der Waals surface area contributed by atoms with Crippen LogP contribution in [0.3, 0.4) is 0 Å². The number of fused-ring (bicyclic) bond motifs is 1. The molecule has 0 bridgehead atoms. The van der Waals surface area contributed by atoms with Gasteiger partial charge in [-0.15, -0.1) is 0 Å². The Morgan fingerprint density at radius 3 is 3.08 bits per heavy atom. The summed E-state index contributed by atoms with van der Waals surface area (Å²) < 4.78 is 5.65. The van der Waals surface area contributed by atoms with Gasteiger partial charge in [0.15, 0.2) is 11.3 Å². The highest BCUT2D eigenvalue weighted by molar-refractivity contribution is 6.26. The van der Waals surface area contributed by atoms with Crippen molar-refractivity contribution in [3.63, 3.8) is 0 Å². The Hall–Kier alpha value is -3.13. The van der Waals surface area contributed by atoms with Gasteiger partial charge in [-0.25, -0.2) is 9.78 Å². The van der Waals surface area contributed by atoms with E-state index in [9.17, 15) is 19.8 Å². The summed E-state index contributed by atoms with van der Waals surface area (Å²) >= 11 is 0. The number of carbonyl (C=O) groups is 2. The molecule has 134 valence electrons. The summed E-state index contributed by atoms with van der Waals surface area (Å²) in [5.74, 6) is -2.06. The molecule has 0 spiro atoms. The average Bonchev–Trinajstić information content (AvgIpc) is 3.17. The summed E-state index contributed by atoms with van der Waals surface area (Å²) in [4.78, 5) is 33.0. The third kappa shape index (κ3) is 2.74. The van der Waals surface area contributed by atoms with Crippen LogP contribution in [0.4, 0.5) is 0 Å². The number of hydrogen-bond donors (Lipinski definition) is 3. The number of aliphatic hydroxyl groups excluding tert-OH is 1. The molecular formula is C18H17N3O5. The molecule has 1 unspecified atom stereocenters. The molecule has 8 heteroatoms. The van der Waals surface area contributed by atoms with E-state index in [1.54, 1.807) is 23.4 Å². The smallest absolute Gasteiger partial charge is 0.345 e. The number of β-amino-alcohol motifs (C(OH)–C–C–N with tert-alkyl or cyclic N) is 1. The average molecular weight is 355 g/mol. The summed E-state index contributed by atoms with van der Waals surface area (Å²) in [6.07, 6.45) is 5.62. The topological polar surface area (TPSA) is 116 Å². The third-order valence-electron chi connectivity index (χ3n) is 4.54. The van der Waals surface area contributed by atoms with E-state index in [0.717, 1.165) is 5.39 Å². The summed E-state index contributed by atoms with van der Waals surface area (Å²) in [5.41, 5.74) is 0.944. The Kier molecular flexibility index (Phi) is 3.96. The fraction of sp³-hybridized carbons (Fsp3) is 0.278. The van der Waals surface area contributed by atoms with Crippen LogP contribution in [0.15, 0.2) is 41.7 Å². The maximum atomic E-state index is 12.6. The summed E-state index contributed by atoms with van der Waals surface area (Å²) in [6, 6.07) is 3.62. The molecule has 0 radical (unpaired) electrons. The van der Waals surface area contributed by atoms with Crippen LogP contribution in [-0.2, 0) is 14.3 Å². The van der Waals surface area contributed by atoms with Gasteiger partial charge < -0.3 is 24.8 Å². The molecule has 1 fully saturated rings. The number of aliphatic carboxylic acids is 1. The van der Waals surface area contributed by atoms with E-state index in [1.807, 2.05) is 6.07 Å². The number of piperidine rings is 1. The second-order valence-corrected chi connectivity index (χ2v) is 6.31.